The van der Waals surface area contributed by atoms with E-state index in [1.807, 2.05) is 23.2 Å². The number of aromatic nitrogens is 2. The Morgan fingerprint density at radius 1 is 1.00 bits per heavy atom. The van der Waals surface area contributed by atoms with Crippen LogP contribution in [-0.4, -0.2) is 39.0 Å². The summed E-state index contributed by atoms with van der Waals surface area (Å²) >= 11 is 0. The SMILES string of the molecule is O=C(C1CCCCC1)N1CCCN1Cc1cccc(-c2ncccn2)c1. The molecular weight excluding hydrogens is 324 g/mol. The molecule has 1 saturated carbocycles. The summed E-state index contributed by atoms with van der Waals surface area (Å²) in [5.41, 5.74) is 2.21. The maximum atomic E-state index is 13.0. The molecule has 1 amide bonds. The van der Waals surface area contributed by atoms with Gasteiger partial charge in [-0.3, -0.25) is 9.80 Å². The molecule has 2 aromatic rings. The standard InChI is InChI=1S/C21H26N4O/c26-21(18-8-2-1-3-9-18)25-14-6-13-24(25)16-17-7-4-10-19(15-17)20-22-11-5-12-23-20/h4-5,7,10-12,15,18H,1-3,6,8-9,13-14,16H2. The van der Waals surface area contributed by atoms with Gasteiger partial charge in [-0.15, -0.1) is 0 Å². The van der Waals surface area contributed by atoms with Crippen molar-refractivity contribution in [3.63, 3.8) is 0 Å². The average molecular weight is 350 g/mol. The highest BCUT2D eigenvalue weighted by Crippen LogP contribution is 2.28. The number of carbonyl (C=O) groups excluding carboxylic acids is 1. The first-order chi connectivity index (χ1) is 12.8. The summed E-state index contributed by atoms with van der Waals surface area (Å²) in [5.74, 6) is 1.31. The van der Waals surface area contributed by atoms with E-state index in [4.69, 9.17) is 0 Å². The van der Waals surface area contributed by atoms with Gasteiger partial charge in [0.1, 0.15) is 0 Å². The smallest absolute Gasteiger partial charge is 0.239 e. The first-order valence-corrected chi connectivity index (χ1v) is 9.74. The van der Waals surface area contributed by atoms with Crippen LogP contribution in [0.25, 0.3) is 11.4 Å². The Morgan fingerprint density at radius 3 is 2.62 bits per heavy atom. The number of hydrogen-bond acceptors (Lipinski definition) is 4. The van der Waals surface area contributed by atoms with Crippen LogP contribution in [0.5, 0.6) is 0 Å². The van der Waals surface area contributed by atoms with Gasteiger partial charge in [0.05, 0.1) is 0 Å². The minimum atomic E-state index is 0.230. The maximum absolute atomic E-state index is 13.0. The monoisotopic (exact) mass is 350 g/mol. The Labute approximate surface area is 155 Å². The van der Waals surface area contributed by atoms with Crippen molar-refractivity contribution in [1.29, 1.82) is 0 Å². The summed E-state index contributed by atoms with van der Waals surface area (Å²) in [6.45, 7) is 2.57. The van der Waals surface area contributed by atoms with E-state index in [0.717, 1.165) is 50.3 Å². The van der Waals surface area contributed by atoms with Gasteiger partial charge in [0, 0.05) is 43.5 Å². The van der Waals surface area contributed by atoms with Gasteiger partial charge in [-0.05, 0) is 37.0 Å². The fraction of sp³-hybridized carbons (Fsp3) is 0.476. The van der Waals surface area contributed by atoms with Crippen molar-refractivity contribution >= 4 is 5.91 Å². The Balaban J connectivity index is 1.47. The van der Waals surface area contributed by atoms with Gasteiger partial charge < -0.3 is 0 Å². The fourth-order valence-corrected chi connectivity index (χ4v) is 4.11. The molecule has 136 valence electrons. The largest absolute Gasteiger partial charge is 0.275 e. The third-order valence-electron chi connectivity index (χ3n) is 5.45. The van der Waals surface area contributed by atoms with Crippen molar-refractivity contribution in [2.75, 3.05) is 13.1 Å². The van der Waals surface area contributed by atoms with E-state index in [1.54, 1.807) is 12.4 Å². The van der Waals surface area contributed by atoms with Crippen LogP contribution in [0.1, 0.15) is 44.1 Å². The van der Waals surface area contributed by atoms with E-state index in [1.165, 1.54) is 24.8 Å². The van der Waals surface area contributed by atoms with Crippen LogP contribution in [-0.2, 0) is 11.3 Å². The normalized spacial score (nSPS) is 19.0. The number of hydrazine groups is 1. The highest BCUT2D eigenvalue weighted by atomic mass is 16.2. The molecule has 1 saturated heterocycles. The van der Waals surface area contributed by atoms with E-state index < -0.39 is 0 Å². The first-order valence-electron chi connectivity index (χ1n) is 9.74. The van der Waals surface area contributed by atoms with Crippen molar-refractivity contribution in [2.24, 2.45) is 5.92 Å². The molecule has 5 heteroatoms. The van der Waals surface area contributed by atoms with E-state index in [-0.39, 0.29) is 5.92 Å². The molecule has 0 bridgehead atoms. The molecule has 26 heavy (non-hydrogen) atoms. The molecule has 2 heterocycles. The first kappa shape index (κ1) is 17.2. The Hall–Kier alpha value is -2.27. The molecule has 0 spiro atoms. The predicted octanol–water partition coefficient (Wildman–Crippen LogP) is 3.67. The summed E-state index contributed by atoms with van der Waals surface area (Å²) in [6, 6.07) is 10.2. The molecule has 0 radical (unpaired) electrons. The number of hydrogen-bond donors (Lipinski definition) is 0. The van der Waals surface area contributed by atoms with Crippen molar-refractivity contribution in [2.45, 2.75) is 45.1 Å². The van der Waals surface area contributed by atoms with Gasteiger partial charge in [-0.25, -0.2) is 15.0 Å². The highest BCUT2D eigenvalue weighted by Gasteiger charge is 2.32. The maximum Gasteiger partial charge on any atom is 0.239 e. The van der Waals surface area contributed by atoms with E-state index in [0.29, 0.717) is 5.91 Å². The van der Waals surface area contributed by atoms with Crippen molar-refractivity contribution in [3.05, 3.63) is 48.3 Å². The summed E-state index contributed by atoms with van der Waals surface area (Å²) in [6.07, 6.45) is 10.4. The van der Waals surface area contributed by atoms with Gasteiger partial charge in [-0.1, -0.05) is 37.5 Å². The Kier molecular flexibility index (Phi) is 5.25. The average Bonchev–Trinajstić information content (AvgIpc) is 3.17. The summed E-state index contributed by atoms with van der Waals surface area (Å²) in [4.78, 5) is 21.6. The second-order valence-corrected chi connectivity index (χ2v) is 7.31. The van der Waals surface area contributed by atoms with Gasteiger partial charge in [0.2, 0.25) is 5.91 Å². The molecular formula is C21H26N4O. The molecule has 0 unspecified atom stereocenters. The topological polar surface area (TPSA) is 49.3 Å². The Bertz CT molecular complexity index is 743. The van der Waals surface area contributed by atoms with Gasteiger partial charge in [-0.2, -0.15) is 0 Å². The highest BCUT2D eigenvalue weighted by molar-refractivity contribution is 5.78. The second-order valence-electron chi connectivity index (χ2n) is 7.31. The van der Waals surface area contributed by atoms with Gasteiger partial charge in [0.25, 0.3) is 0 Å². The van der Waals surface area contributed by atoms with Crippen molar-refractivity contribution < 1.29 is 4.79 Å². The summed E-state index contributed by atoms with van der Waals surface area (Å²) in [5, 5.41) is 4.24. The summed E-state index contributed by atoms with van der Waals surface area (Å²) in [7, 11) is 0. The van der Waals surface area contributed by atoms with E-state index >= 15 is 0 Å². The molecule has 0 atom stereocenters. The van der Waals surface area contributed by atoms with Crippen molar-refractivity contribution in [3.8, 4) is 11.4 Å². The minimum Gasteiger partial charge on any atom is -0.275 e. The molecule has 2 fully saturated rings. The second kappa shape index (κ2) is 7.96. The van der Waals surface area contributed by atoms with Crippen LogP contribution in [0, 0.1) is 5.92 Å². The lowest BCUT2D eigenvalue weighted by atomic mass is 9.88. The van der Waals surface area contributed by atoms with Crippen LogP contribution in [0.4, 0.5) is 0 Å². The molecule has 2 aliphatic rings. The zero-order valence-electron chi connectivity index (χ0n) is 15.2. The van der Waals surface area contributed by atoms with Crippen LogP contribution >= 0.6 is 0 Å². The van der Waals surface area contributed by atoms with Crippen LogP contribution in [0.15, 0.2) is 42.7 Å². The number of carbonyl (C=O) groups is 1. The number of nitrogens with zero attached hydrogens (tertiary/aromatic N) is 4. The van der Waals surface area contributed by atoms with Gasteiger partial charge >= 0.3 is 0 Å². The molecule has 4 rings (SSSR count). The van der Waals surface area contributed by atoms with E-state index in [9.17, 15) is 4.79 Å². The quantitative estimate of drug-likeness (QED) is 0.844. The third kappa shape index (κ3) is 3.78. The molecule has 1 aliphatic heterocycles. The lowest BCUT2D eigenvalue weighted by molar-refractivity contribution is -0.150. The number of rotatable bonds is 4. The molecule has 1 aromatic carbocycles. The number of amides is 1. The molecule has 5 nitrogen and oxygen atoms in total. The lowest BCUT2D eigenvalue weighted by Gasteiger charge is -2.32. The molecule has 1 aliphatic carbocycles. The fourth-order valence-electron chi connectivity index (χ4n) is 4.11. The number of benzene rings is 1. The van der Waals surface area contributed by atoms with Crippen molar-refractivity contribution in [1.82, 2.24) is 20.0 Å². The third-order valence-corrected chi connectivity index (χ3v) is 5.45. The van der Waals surface area contributed by atoms with Crippen LogP contribution < -0.4 is 0 Å². The zero-order chi connectivity index (χ0) is 17.8. The lowest BCUT2D eigenvalue weighted by Crippen LogP contribution is -2.44. The summed E-state index contributed by atoms with van der Waals surface area (Å²) < 4.78 is 0. The van der Waals surface area contributed by atoms with Gasteiger partial charge in [0.15, 0.2) is 5.82 Å². The predicted molar refractivity (Wildman–Crippen MR) is 101 cm³/mol. The zero-order valence-corrected chi connectivity index (χ0v) is 15.2. The minimum absolute atomic E-state index is 0.230. The Morgan fingerprint density at radius 2 is 1.81 bits per heavy atom. The van der Waals surface area contributed by atoms with Crippen LogP contribution in [0.2, 0.25) is 0 Å². The molecule has 1 aromatic heterocycles. The van der Waals surface area contributed by atoms with Crippen LogP contribution in [0.3, 0.4) is 0 Å². The van der Waals surface area contributed by atoms with E-state index in [2.05, 4.69) is 27.1 Å². The molecule has 0 N–H and O–H groups in total.